The number of hydrazone groups is 1. The van der Waals surface area contributed by atoms with E-state index in [1.807, 2.05) is 0 Å². The van der Waals surface area contributed by atoms with Crippen molar-refractivity contribution in [3.05, 3.63) is 80.1 Å². The Morgan fingerprint density at radius 2 is 1.89 bits per heavy atom. The van der Waals surface area contributed by atoms with E-state index in [1.54, 1.807) is 30.3 Å². The Morgan fingerprint density at radius 1 is 1.11 bits per heavy atom. The standard InChI is InChI=1S/C19H13Cl2N3O4/c20-13-3-1-2-11(6-13)19(27)22-9-17(25)24-23-8-12-10-28-16-5-4-14(21)7-15(16)18(12)26/h1-8,10H,9H2,(H,22,27)(H,24,25)/b23-8-. The van der Waals surface area contributed by atoms with Crippen molar-refractivity contribution in [2.75, 3.05) is 6.54 Å². The topological polar surface area (TPSA) is 101 Å². The molecule has 0 bridgehead atoms. The number of rotatable bonds is 5. The smallest absolute Gasteiger partial charge is 0.259 e. The number of fused-ring (bicyclic) bond motifs is 1. The average Bonchev–Trinajstić information content (AvgIpc) is 2.68. The molecule has 1 aromatic heterocycles. The largest absolute Gasteiger partial charge is 0.463 e. The van der Waals surface area contributed by atoms with Crippen molar-refractivity contribution in [1.29, 1.82) is 0 Å². The Balaban J connectivity index is 1.59. The van der Waals surface area contributed by atoms with Gasteiger partial charge in [-0.2, -0.15) is 5.10 Å². The zero-order chi connectivity index (χ0) is 20.1. The molecule has 0 fully saturated rings. The van der Waals surface area contributed by atoms with Gasteiger partial charge in [-0.25, -0.2) is 5.43 Å². The minimum absolute atomic E-state index is 0.137. The molecule has 0 unspecified atom stereocenters. The van der Waals surface area contributed by atoms with Crippen LogP contribution in [0.15, 0.2) is 63.0 Å². The van der Waals surface area contributed by atoms with Crippen LogP contribution in [0, 0.1) is 0 Å². The minimum atomic E-state index is -0.570. The third-order valence-corrected chi connectivity index (χ3v) is 4.12. The molecule has 2 amide bonds. The van der Waals surface area contributed by atoms with Gasteiger partial charge in [0.2, 0.25) is 5.43 Å². The van der Waals surface area contributed by atoms with E-state index < -0.39 is 11.8 Å². The van der Waals surface area contributed by atoms with Gasteiger partial charge in [-0.3, -0.25) is 14.4 Å². The summed E-state index contributed by atoms with van der Waals surface area (Å²) >= 11 is 11.7. The van der Waals surface area contributed by atoms with Crippen molar-refractivity contribution in [2.24, 2.45) is 5.10 Å². The lowest BCUT2D eigenvalue weighted by atomic mass is 10.2. The molecular weight excluding hydrogens is 405 g/mol. The van der Waals surface area contributed by atoms with Crippen molar-refractivity contribution in [2.45, 2.75) is 0 Å². The number of amides is 2. The normalized spacial score (nSPS) is 10.9. The molecule has 0 aliphatic rings. The van der Waals surface area contributed by atoms with Crippen molar-refractivity contribution >= 4 is 52.2 Å². The van der Waals surface area contributed by atoms with E-state index in [4.69, 9.17) is 27.6 Å². The zero-order valence-corrected chi connectivity index (χ0v) is 15.8. The van der Waals surface area contributed by atoms with Crippen LogP contribution in [0.5, 0.6) is 0 Å². The summed E-state index contributed by atoms with van der Waals surface area (Å²) in [6.07, 6.45) is 2.39. The van der Waals surface area contributed by atoms with Crippen molar-refractivity contribution in [3.63, 3.8) is 0 Å². The maximum atomic E-state index is 12.4. The number of carbonyl (C=O) groups is 2. The van der Waals surface area contributed by atoms with Gasteiger partial charge < -0.3 is 9.73 Å². The van der Waals surface area contributed by atoms with Crippen LogP contribution in [-0.4, -0.2) is 24.6 Å². The zero-order valence-electron chi connectivity index (χ0n) is 14.2. The fraction of sp³-hybridized carbons (Fsp3) is 0.0526. The van der Waals surface area contributed by atoms with Gasteiger partial charge >= 0.3 is 0 Å². The molecule has 2 N–H and O–H groups in total. The molecule has 9 heteroatoms. The van der Waals surface area contributed by atoms with Gasteiger partial charge in [-0.15, -0.1) is 0 Å². The van der Waals surface area contributed by atoms with Crippen LogP contribution in [0.1, 0.15) is 15.9 Å². The lowest BCUT2D eigenvalue weighted by Gasteiger charge is -2.04. The van der Waals surface area contributed by atoms with Crippen LogP contribution < -0.4 is 16.2 Å². The van der Waals surface area contributed by atoms with Crippen LogP contribution in [0.25, 0.3) is 11.0 Å². The van der Waals surface area contributed by atoms with Crippen molar-refractivity contribution in [1.82, 2.24) is 10.7 Å². The molecule has 0 spiro atoms. The number of halogens is 2. The highest BCUT2D eigenvalue weighted by atomic mass is 35.5. The molecule has 0 saturated carbocycles. The van der Waals surface area contributed by atoms with Gasteiger partial charge in [0.1, 0.15) is 11.8 Å². The third-order valence-electron chi connectivity index (χ3n) is 3.65. The summed E-state index contributed by atoms with van der Waals surface area (Å²) in [4.78, 5) is 36.1. The van der Waals surface area contributed by atoms with Crippen LogP contribution in [0.3, 0.4) is 0 Å². The SMILES string of the molecule is O=C(CNC(=O)c1cccc(Cl)c1)N/N=C\c1coc2ccc(Cl)cc2c1=O. The lowest BCUT2D eigenvalue weighted by molar-refractivity contribution is -0.120. The van der Waals surface area contributed by atoms with E-state index in [0.717, 1.165) is 6.21 Å². The minimum Gasteiger partial charge on any atom is -0.463 e. The van der Waals surface area contributed by atoms with Gasteiger partial charge in [0.15, 0.2) is 0 Å². The van der Waals surface area contributed by atoms with E-state index in [-0.39, 0.29) is 17.5 Å². The molecule has 3 rings (SSSR count). The lowest BCUT2D eigenvalue weighted by Crippen LogP contribution is -2.35. The molecule has 0 aliphatic carbocycles. The van der Waals surface area contributed by atoms with Gasteiger partial charge in [-0.1, -0.05) is 29.3 Å². The van der Waals surface area contributed by atoms with E-state index in [2.05, 4.69) is 15.8 Å². The molecule has 2 aromatic carbocycles. The second-order valence-corrected chi connectivity index (χ2v) is 6.52. The van der Waals surface area contributed by atoms with Gasteiger partial charge in [0.05, 0.1) is 23.7 Å². The quantitative estimate of drug-likeness (QED) is 0.492. The van der Waals surface area contributed by atoms with Gasteiger partial charge in [0.25, 0.3) is 11.8 Å². The Hall–Kier alpha value is -3.16. The molecule has 0 atom stereocenters. The van der Waals surface area contributed by atoms with Crippen LogP contribution in [-0.2, 0) is 4.79 Å². The molecule has 0 saturated heterocycles. The molecule has 7 nitrogen and oxygen atoms in total. The second kappa shape index (κ2) is 8.69. The first-order valence-corrected chi connectivity index (χ1v) is 8.76. The van der Waals surface area contributed by atoms with Gasteiger partial charge in [-0.05, 0) is 36.4 Å². The number of hydrogen-bond donors (Lipinski definition) is 2. The number of nitrogens with zero attached hydrogens (tertiary/aromatic N) is 1. The molecule has 0 radical (unpaired) electrons. The summed E-state index contributed by atoms with van der Waals surface area (Å²) in [6.45, 7) is -0.301. The fourth-order valence-electron chi connectivity index (χ4n) is 2.31. The molecular formula is C19H13Cl2N3O4. The van der Waals surface area contributed by atoms with E-state index >= 15 is 0 Å². The van der Waals surface area contributed by atoms with E-state index in [1.165, 1.54) is 18.4 Å². The second-order valence-electron chi connectivity index (χ2n) is 5.65. The molecule has 3 aromatic rings. The maximum absolute atomic E-state index is 12.4. The number of benzene rings is 2. The Labute approximate surface area is 168 Å². The average molecular weight is 418 g/mol. The molecule has 1 heterocycles. The Kier molecular flexibility index (Phi) is 6.08. The monoisotopic (exact) mass is 417 g/mol. The summed E-state index contributed by atoms with van der Waals surface area (Å²) in [6, 6.07) is 11.0. The van der Waals surface area contributed by atoms with Crippen LogP contribution in [0.2, 0.25) is 10.0 Å². The summed E-state index contributed by atoms with van der Waals surface area (Å²) < 4.78 is 5.34. The predicted molar refractivity (Wildman–Crippen MR) is 107 cm³/mol. The van der Waals surface area contributed by atoms with E-state index in [9.17, 15) is 14.4 Å². The van der Waals surface area contributed by atoms with Crippen molar-refractivity contribution < 1.29 is 14.0 Å². The summed E-state index contributed by atoms with van der Waals surface area (Å²) in [7, 11) is 0. The van der Waals surface area contributed by atoms with E-state index in [0.29, 0.717) is 26.6 Å². The number of nitrogens with one attached hydrogen (secondary N) is 2. The molecule has 0 aliphatic heterocycles. The highest BCUT2D eigenvalue weighted by Gasteiger charge is 2.09. The summed E-state index contributed by atoms with van der Waals surface area (Å²) in [5.74, 6) is -1.02. The summed E-state index contributed by atoms with van der Waals surface area (Å²) in [5, 5.41) is 7.26. The Morgan fingerprint density at radius 3 is 2.68 bits per heavy atom. The first-order chi connectivity index (χ1) is 13.4. The molecule has 28 heavy (non-hydrogen) atoms. The highest BCUT2D eigenvalue weighted by Crippen LogP contribution is 2.16. The van der Waals surface area contributed by atoms with Crippen molar-refractivity contribution in [3.8, 4) is 0 Å². The fourth-order valence-corrected chi connectivity index (χ4v) is 2.68. The third kappa shape index (κ3) is 4.76. The Bertz CT molecular complexity index is 1140. The predicted octanol–water partition coefficient (Wildman–Crippen LogP) is 2.98. The number of carbonyl (C=O) groups excluding carboxylic acids is 2. The summed E-state index contributed by atoms with van der Waals surface area (Å²) in [5.41, 5.74) is 2.74. The van der Waals surface area contributed by atoms with Crippen LogP contribution >= 0.6 is 23.2 Å². The maximum Gasteiger partial charge on any atom is 0.259 e. The first kappa shape index (κ1) is 19.6. The highest BCUT2D eigenvalue weighted by molar-refractivity contribution is 6.31. The first-order valence-electron chi connectivity index (χ1n) is 8.01. The van der Waals surface area contributed by atoms with Crippen LogP contribution in [0.4, 0.5) is 0 Å². The molecule has 142 valence electrons. The van der Waals surface area contributed by atoms with Gasteiger partial charge in [0, 0.05) is 15.6 Å². The number of hydrogen-bond acceptors (Lipinski definition) is 5.